The number of hydrogen-bond donors (Lipinski definition) is 2. The zero-order valence-corrected chi connectivity index (χ0v) is 20.9. The first-order valence-corrected chi connectivity index (χ1v) is 13.6. The topological polar surface area (TPSA) is 61.4 Å². The van der Waals surface area contributed by atoms with Gasteiger partial charge in [-0.2, -0.15) is 0 Å². The van der Waals surface area contributed by atoms with Crippen LogP contribution in [0.25, 0.3) is 0 Å². The Morgan fingerprint density at radius 3 is 2.27 bits per heavy atom. The second-order valence-corrected chi connectivity index (χ2v) is 11.0. The third-order valence-electron chi connectivity index (χ3n) is 6.01. The van der Waals surface area contributed by atoms with E-state index in [2.05, 4.69) is 67.3 Å². The molecular formula is C26H30BrN3O2S. The minimum Gasteiger partial charge on any atom is -0.314 e. The van der Waals surface area contributed by atoms with Crippen LogP contribution in [0.4, 0.5) is 0 Å². The number of nitrogens with one attached hydrogen (secondary N) is 2. The lowest BCUT2D eigenvalue weighted by molar-refractivity contribution is 0.148. The normalized spacial score (nSPS) is 18.2. The number of rotatable bonds is 9. The second kappa shape index (κ2) is 11.4. The summed E-state index contributed by atoms with van der Waals surface area (Å²) in [4.78, 5) is 2.70. The highest BCUT2D eigenvalue weighted by atomic mass is 79.9. The molecule has 0 bridgehead atoms. The summed E-state index contributed by atoms with van der Waals surface area (Å²) in [7, 11) is -3.68. The number of halogens is 1. The fraction of sp³-hybridized carbons (Fsp3) is 0.308. The van der Waals surface area contributed by atoms with Crippen LogP contribution in [0.1, 0.15) is 11.1 Å². The molecule has 0 amide bonds. The van der Waals surface area contributed by atoms with Gasteiger partial charge in [0.05, 0.1) is 4.90 Å². The molecule has 3 aromatic carbocycles. The van der Waals surface area contributed by atoms with Crippen LogP contribution >= 0.6 is 15.9 Å². The van der Waals surface area contributed by atoms with Gasteiger partial charge in [0.15, 0.2) is 0 Å². The number of benzene rings is 3. The van der Waals surface area contributed by atoms with Crippen molar-refractivity contribution < 1.29 is 8.42 Å². The molecule has 1 heterocycles. The second-order valence-electron chi connectivity index (χ2n) is 8.48. The average Bonchev–Trinajstić information content (AvgIpc) is 2.81. The van der Waals surface area contributed by atoms with E-state index in [1.165, 1.54) is 5.56 Å². The predicted octanol–water partition coefficient (Wildman–Crippen LogP) is 3.86. The van der Waals surface area contributed by atoms with Crippen molar-refractivity contribution in [2.24, 2.45) is 0 Å². The third kappa shape index (κ3) is 6.74. The lowest BCUT2D eigenvalue weighted by Gasteiger charge is -2.38. The van der Waals surface area contributed by atoms with E-state index in [-0.39, 0.29) is 10.9 Å². The van der Waals surface area contributed by atoms with Crippen LogP contribution in [-0.4, -0.2) is 51.6 Å². The Kier molecular flexibility index (Phi) is 8.33. The van der Waals surface area contributed by atoms with Crippen molar-refractivity contribution in [1.29, 1.82) is 0 Å². The van der Waals surface area contributed by atoms with E-state index in [4.69, 9.17) is 0 Å². The Morgan fingerprint density at radius 2 is 1.58 bits per heavy atom. The summed E-state index contributed by atoms with van der Waals surface area (Å²) in [5.74, 6) is 0. The molecule has 0 unspecified atom stereocenters. The number of piperazine rings is 1. The lowest BCUT2D eigenvalue weighted by atomic mass is 10.0. The SMILES string of the molecule is O=S(=O)(N[C@@H](Cc1ccccc1)CN1CCNC[C@@H]1Cc1ccccc1)c1ccccc1Br. The molecule has 0 aromatic heterocycles. The fourth-order valence-electron chi connectivity index (χ4n) is 4.40. The molecule has 1 saturated heterocycles. The van der Waals surface area contributed by atoms with Gasteiger partial charge < -0.3 is 5.32 Å². The van der Waals surface area contributed by atoms with E-state index in [0.29, 0.717) is 23.5 Å². The maximum absolute atomic E-state index is 13.3. The van der Waals surface area contributed by atoms with Crippen molar-refractivity contribution >= 4 is 26.0 Å². The molecular weight excluding hydrogens is 498 g/mol. The maximum Gasteiger partial charge on any atom is 0.241 e. The summed E-state index contributed by atoms with van der Waals surface area (Å²) in [5, 5.41) is 3.50. The van der Waals surface area contributed by atoms with Crippen molar-refractivity contribution in [3.8, 4) is 0 Å². The molecule has 174 valence electrons. The minimum absolute atomic E-state index is 0.249. The Balaban J connectivity index is 1.55. The van der Waals surface area contributed by atoms with E-state index >= 15 is 0 Å². The number of nitrogens with zero attached hydrogens (tertiary/aromatic N) is 1. The lowest BCUT2D eigenvalue weighted by Crippen LogP contribution is -2.56. The highest BCUT2D eigenvalue weighted by molar-refractivity contribution is 9.10. The molecule has 0 spiro atoms. The zero-order valence-electron chi connectivity index (χ0n) is 18.5. The van der Waals surface area contributed by atoms with Crippen molar-refractivity contribution in [1.82, 2.24) is 14.9 Å². The Hall–Kier alpha value is -2.03. The summed E-state index contributed by atoms with van der Waals surface area (Å²) in [6.45, 7) is 3.33. The third-order valence-corrected chi connectivity index (χ3v) is 8.55. The van der Waals surface area contributed by atoms with Crippen LogP contribution in [0.15, 0.2) is 94.3 Å². The predicted molar refractivity (Wildman–Crippen MR) is 137 cm³/mol. The number of sulfonamides is 1. The molecule has 1 aliphatic rings. The smallest absolute Gasteiger partial charge is 0.241 e. The Labute approximate surface area is 205 Å². The Morgan fingerprint density at radius 1 is 0.939 bits per heavy atom. The molecule has 0 radical (unpaired) electrons. The average molecular weight is 529 g/mol. The summed E-state index contributed by atoms with van der Waals surface area (Å²) in [6, 6.07) is 27.6. The van der Waals surface area contributed by atoms with Gasteiger partial charge in [0.25, 0.3) is 0 Å². The number of hydrogen-bond acceptors (Lipinski definition) is 4. The van der Waals surface area contributed by atoms with Crippen LogP contribution in [0, 0.1) is 0 Å². The standard InChI is InChI=1S/C26H30BrN3O2S/c27-25-13-7-8-14-26(25)33(31,32)29-23(17-21-9-3-1-4-10-21)20-30-16-15-28-19-24(30)18-22-11-5-2-6-12-22/h1-14,23-24,28-29H,15-20H2/t23-,24-/m0/s1. The van der Waals surface area contributed by atoms with Crippen molar-refractivity contribution in [3.05, 3.63) is 101 Å². The highest BCUT2D eigenvalue weighted by Crippen LogP contribution is 2.22. The quantitative estimate of drug-likeness (QED) is 0.443. The summed E-state index contributed by atoms with van der Waals surface area (Å²) in [6.07, 6.45) is 1.56. The molecule has 7 heteroatoms. The van der Waals surface area contributed by atoms with Gasteiger partial charge in [0, 0.05) is 42.7 Å². The molecule has 2 atom stereocenters. The van der Waals surface area contributed by atoms with Crippen LogP contribution in [0.2, 0.25) is 0 Å². The molecule has 4 rings (SSSR count). The van der Waals surface area contributed by atoms with Gasteiger partial charge in [0.1, 0.15) is 0 Å². The van der Waals surface area contributed by atoms with Crippen LogP contribution in [0.3, 0.4) is 0 Å². The van der Waals surface area contributed by atoms with Gasteiger partial charge >= 0.3 is 0 Å². The van der Waals surface area contributed by atoms with E-state index in [1.807, 2.05) is 30.3 Å². The Bertz CT molecular complexity index is 1130. The molecule has 0 aliphatic carbocycles. The van der Waals surface area contributed by atoms with Gasteiger partial charge in [-0.05, 0) is 52.0 Å². The van der Waals surface area contributed by atoms with E-state index in [1.54, 1.807) is 18.2 Å². The van der Waals surface area contributed by atoms with E-state index in [0.717, 1.165) is 31.6 Å². The van der Waals surface area contributed by atoms with Gasteiger partial charge in [-0.3, -0.25) is 4.90 Å². The van der Waals surface area contributed by atoms with Gasteiger partial charge in [-0.25, -0.2) is 13.1 Å². The summed E-state index contributed by atoms with van der Waals surface area (Å²) >= 11 is 3.40. The first kappa shape index (κ1) is 24.1. The minimum atomic E-state index is -3.68. The van der Waals surface area contributed by atoms with Gasteiger partial charge in [-0.15, -0.1) is 0 Å². The van der Waals surface area contributed by atoms with E-state index < -0.39 is 10.0 Å². The van der Waals surface area contributed by atoms with Crippen LogP contribution < -0.4 is 10.0 Å². The summed E-state index contributed by atoms with van der Waals surface area (Å²) < 4.78 is 30.2. The van der Waals surface area contributed by atoms with Gasteiger partial charge in [-0.1, -0.05) is 72.8 Å². The fourth-order valence-corrected chi connectivity index (χ4v) is 6.63. The molecule has 3 aromatic rings. The van der Waals surface area contributed by atoms with Crippen molar-refractivity contribution in [2.75, 3.05) is 26.2 Å². The van der Waals surface area contributed by atoms with Gasteiger partial charge in [0.2, 0.25) is 10.0 Å². The molecule has 5 nitrogen and oxygen atoms in total. The molecule has 33 heavy (non-hydrogen) atoms. The van der Waals surface area contributed by atoms with Crippen molar-refractivity contribution in [2.45, 2.75) is 29.8 Å². The molecule has 1 aliphatic heterocycles. The van der Waals surface area contributed by atoms with Crippen LogP contribution in [-0.2, 0) is 22.9 Å². The van der Waals surface area contributed by atoms with Crippen LogP contribution in [0.5, 0.6) is 0 Å². The first-order chi connectivity index (χ1) is 16.0. The molecule has 0 saturated carbocycles. The van der Waals surface area contributed by atoms with E-state index in [9.17, 15) is 8.42 Å². The highest BCUT2D eigenvalue weighted by Gasteiger charge is 2.28. The summed E-state index contributed by atoms with van der Waals surface area (Å²) in [5.41, 5.74) is 2.41. The molecule has 1 fully saturated rings. The zero-order chi connectivity index (χ0) is 23.1. The first-order valence-electron chi connectivity index (χ1n) is 11.3. The molecule has 2 N–H and O–H groups in total. The largest absolute Gasteiger partial charge is 0.314 e. The maximum atomic E-state index is 13.3. The monoisotopic (exact) mass is 527 g/mol. The van der Waals surface area contributed by atoms with Crippen molar-refractivity contribution in [3.63, 3.8) is 0 Å².